The van der Waals surface area contributed by atoms with Crippen LogP contribution in [0, 0.1) is 11.8 Å². The predicted octanol–water partition coefficient (Wildman–Crippen LogP) is 1.87. The first-order chi connectivity index (χ1) is 14.8. The van der Waals surface area contributed by atoms with Gasteiger partial charge in [-0.15, -0.1) is 0 Å². The van der Waals surface area contributed by atoms with E-state index in [-0.39, 0.29) is 17.7 Å². The Labute approximate surface area is 184 Å². The van der Waals surface area contributed by atoms with Gasteiger partial charge in [-0.1, -0.05) is 13.8 Å². The monoisotopic (exact) mass is 462 g/mol. The number of halogens is 3. The first kappa shape index (κ1) is 25.6. The summed E-state index contributed by atoms with van der Waals surface area (Å²) >= 11 is 0. The minimum atomic E-state index is -5.08. The molecule has 180 valence electrons. The highest BCUT2D eigenvalue weighted by molar-refractivity contribution is 5.90. The van der Waals surface area contributed by atoms with Gasteiger partial charge < -0.3 is 19.3 Å². The predicted molar refractivity (Wildman–Crippen MR) is 107 cm³/mol. The minimum absolute atomic E-state index is 0.0690. The molecule has 12 heteroatoms. The van der Waals surface area contributed by atoms with E-state index in [1.807, 2.05) is 9.80 Å². The van der Waals surface area contributed by atoms with Crippen molar-refractivity contribution in [1.29, 1.82) is 0 Å². The lowest BCUT2D eigenvalue weighted by Gasteiger charge is -2.34. The number of carbonyl (C=O) groups excluding carboxylic acids is 2. The molecular weight excluding hydrogens is 433 g/mol. The van der Waals surface area contributed by atoms with Crippen LogP contribution in [0.15, 0.2) is 4.42 Å². The number of aliphatic carboxylic acids is 1. The molecular formula is C20H29F3N4O5. The van der Waals surface area contributed by atoms with E-state index in [9.17, 15) is 22.8 Å². The smallest absolute Gasteiger partial charge is 0.475 e. The maximum absolute atomic E-state index is 12.8. The molecule has 0 spiro atoms. The summed E-state index contributed by atoms with van der Waals surface area (Å²) in [5.41, 5.74) is 0.791. The summed E-state index contributed by atoms with van der Waals surface area (Å²) in [6.07, 6.45) is -3.25. The van der Waals surface area contributed by atoms with Gasteiger partial charge in [-0.25, -0.2) is 9.78 Å². The quantitative estimate of drug-likeness (QED) is 0.731. The zero-order valence-corrected chi connectivity index (χ0v) is 18.6. The molecule has 0 bridgehead atoms. The number of piperidine rings is 1. The number of carbonyl (C=O) groups is 3. The molecule has 2 aliphatic heterocycles. The van der Waals surface area contributed by atoms with Gasteiger partial charge in [0.1, 0.15) is 5.76 Å². The maximum atomic E-state index is 12.8. The van der Waals surface area contributed by atoms with Gasteiger partial charge in [0.05, 0.1) is 12.2 Å². The fourth-order valence-corrected chi connectivity index (χ4v) is 3.78. The third-order valence-corrected chi connectivity index (χ3v) is 5.25. The molecule has 2 aliphatic rings. The van der Waals surface area contributed by atoms with Gasteiger partial charge in [-0.3, -0.25) is 14.5 Å². The van der Waals surface area contributed by atoms with E-state index in [4.69, 9.17) is 14.3 Å². The second kappa shape index (κ2) is 10.3. The van der Waals surface area contributed by atoms with E-state index in [0.717, 1.165) is 37.5 Å². The molecule has 9 nitrogen and oxygen atoms in total. The van der Waals surface area contributed by atoms with Gasteiger partial charge >= 0.3 is 18.1 Å². The van der Waals surface area contributed by atoms with Gasteiger partial charge in [0.25, 0.3) is 5.89 Å². The summed E-state index contributed by atoms with van der Waals surface area (Å²) in [4.78, 5) is 43.5. The van der Waals surface area contributed by atoms with E-state index in [2.05, 4.69) is 18.8 Å². The second-order valence-electron chi connectivity index (χ2n) is 8.60. The van der Waals surface area contributed by atoms with Crippen LogP contribution < -0.4 is 0 Å². The summed E-state index contributed by atoms with van der Waals surface area (Å²) in [5.74, 6) is -0.799. The first-order valence-corrected chi connectivity index (χ1v) is 10.3. The van der Waals surface area contributed by atoms with E-state index in [1.54, 1.807) is 19.0 Å². The Morgan fingerprint density at radius 1 is 1.19 bits per heavy atom. The number of nitrogens with zero attached hydrogens (tertiary/aromatic N) is 4. The number of alkyl halides is 3. The third kappa shape index (κ3) is 6.94. The Balaban J connectivity index is 0.000000451. The Kier molecular flexibility index (Phi) is 8.27. The molecule has 0 aliphatic carbocycles. The van der Waals surface area contributed by atoms with Gasteiger partial charge in [0.2, 0.25) is 5.91 Å². The van der Waals surface area contributed by atoms with Crippen molar-refractivity contribution < 1.29 is 37.1 Å². The van der Waals surface area contributed by atoms with E-state index in [0.29, 0.717) is 31.3 Å². The number of hydrogen-bond donors (Lipinski definition) is 1. The van der Waals surface area contributed by atoms with E-state index >= 15 is 0 Å². The van der Waals surface area contributed by atoms with Gasteiger partial charge in [0.15, 0.2) is 0 Å². The first-order valence-electron chi connectivity index (χ1n) is 10.3. The molecule has 0 aromatic carbocycles. The third-order valence-electron chi connectivity index (χ3n) is 5.25. The summed E-state index contributed by atoms with van der Waals surface area (Å²) in [5, 5.41) is 7.12. The lowest BCUT2D eigenvalue weighted by molar-refractivity contribution is -0.192. The van der Waals surface area contributed by atoms with Crippen LogP contribution in [-0.2, 0) is 22.6 Å². The van der Waals surface area contributed by atoms with Crippen molar-refractivity contribution in [3.63, 3.8) is 0 Å². The molecule has 32 heavy (non-hydrogen) atoms. The van der Waals surface area contributed by atoms with Crippen LogP contribution in [0.2, 0.25) is 0 Å². The molecule has 1 N–H and O–H groups in total. The number of likely N-dealkylation sites (tertiary alicyclic amines) is 1. The Hall–Kier alpha value is -2.63. The number of carboxylic acid groups (broad SMARTS) is 1. The highest BCUT2D eigenvalue weighted by atomic mass is 19.4. The number of amides is 2. The highest BCUT2D eigenvalue weighted by Crippen LogP contribution is 2.25. The highest BCUT2D eigenvalue weighted by Gasteiger charge is 2.38. The summed E-state index contributed by atoms with van der Waals surface area (Å²) in [7, 11) is 3.51. The van der Waals surface area contributed by atoms with Crippen molar-refractivity contribution in [3.05, 3.63) is 17.3 Å². The second-order valence-corrected chi connectivity index (χ2v) is 8.60. The normalized spacial score (nSPS) is 21.3. The number of aromatic nitrogens is 1. The molecule has 3 heterocycles. The molecule has 2 unspecified atom stereocenters. The number of hydrogen-bond acceptors (Lipinski definition) is 6. The van der Waals surface area contributed by atoms with Crippen molar-refractivity contribution in [2.45, 2.75) is 39.4 Å². The van der Waals surface area contributed by atoms with Crippen LogP contribution in [0.4, 0.5) is 13.2 Å². The number of fused-ring (bicyclic) bond motifs is 1. The molecule has 2 amide bonds. The van der Waals surface area contributed by atoms with Gasteiger partial charge in [0, 0.05) is 46.7 Å². The Bertz CT molecular complexity index is 830. The van der Waals surface area contributed by atoms with Crippen LogP contribution in [0.1, 0.15) is 42.4 Å². The zero-order valence-electron chi connectivity index (χ0n) is 18.6. The number of oxazole rings is 1. The summed E-state index contributed by atoms with van der Waals surface area (Å²) < 4.78 is 37.5. The van der Waals surface area contributed by atoms with Gasteiger partial charge in [-0.05, 0) is 18.3 Å². The van der Waals surface area contributed by atoms with Gasteiger partial charge in [-0.2, -0.15) is 13.2 Å². The van der Waals surface area contributed by atoms with Crippen LogP contribution in [0.3, 0.4) is 0 Å². The van der Waals surface area contributed by atoms with E-state index in [1.165, 1.54) is 0 Å². The fraction of sp³-hybridized carbons (Fsp3) is 0.700. The molecule has 3 rings (SSSR count). The van der Waals surface area contributed by atoms with Crippen molar-refractivity contribution in [2.75, 3.05) is 40.3 Å². The lowest BCUT2D eigenvalue weighted by atomic mass is 9.92. The Morgan fingerprint density at radius 3 is 2.25 bits per heavy atom. The number of carboxylic acids is 1. The topological polar surface area (TPSA) is 107 Å². The summed E-state index contributed by atoms with van der Waals surface area (Å²) in [6.45, 7) is 7.54. The van der Waals surface area contributed by atoms with Crippen molar-refractivity contribution in [2.24, 2.45) is 11.8 Å². The SMILES string of the molecule is CC1CC(C)CN(C(=O)c2nc3c(o2)CCN(CC(=O)N(C)C)C3)C1.O=C(O)C(F)(F)F. The largest absolute Gasteiger partial charge is 0.490 e. The number of likely N-dealkylation sites (N-methyl/N-ethyl adjacent to an activating group) is 1. The molecule has 1 saturated heterocycles. The van der Waals surface area contributed by atoms with Crippen molar-refractivity contribution in [3.8, 4) is 0 Å². The fourth-order valence-electron chi connectivity index (χ4n) is 3.78. The Morgan fingerprint density at radius 2 is 1.75 bits per heavy atom. The number of rotatable bonds is 3. The maximum Gasteiger partial charge on any atom is 0.490 e. The average Bonchev–Trinajstić information content (AvgIpc) is 3.09. The summed E-state index contributed by atoms with van der Waals surface area (Å²) in [6, 6.07) is 0. The van der Waals surface area contributed by atoms with E-state index < -0.39 is 12.1 Å². The minimum Gasteiger partial charge on any atom is -0.475 e. The van der Waals surface area contributed by atoms with Crippen LogP contribution in [0.25, 0.3) is 0 Å². The lowest BCUT2D eigenvalue weighted by Crippen LogP contribution is -2.42. The molecule has 0 saturated carbocycles. The zero-order chi connectivity index (χ0) is 24.2. The van der Waals surface area contributed by atoms with Crippen LogP contribution in [0.5, 0.6) is 0 Å². The average molecular weight is 462 g/mol. The van der Waals surface area contributed by atoms with Crippen LogP contribution >= 0.6 is 0 Å². The molecule has 0 radical (unpaired) electrons. The molecule has 1 fully saturated rings. The molecule has 2 atom stereocenters. The molecule has 1 aromatic rings. The molecule has 1 aromatic heterocycles. The van der Waals surface area contributed by atoms with Crippen molar-refractivity contribution in [1.82, 2.24) is 19.7 Å². The standard InChI is InChI=1S/C18H28N4O3.C2HF3O2/c1-12-7-13(2)9-22(8-12)18(24)17-19-14-10-21(6-5-15(14)25-17)11-16(23)20(3)4;3-2(4,5)1(6)7/h12-13H,5-11H2,1-4H3;(H,6,7). The van der Waals surface area contributed by atoms with Crippen LogP contribution in [-0.4, -0.2) is 89.0 Å². The van der Waals surface area contributed by atoms with Crippen molar-refractivity contribution >= 4 is 17.8 Å².